The van der Waals surface area contributed by atoms with Crippen LogP contribution in [0.25, 0.3) is 0 Å². The molecule has 5 heteroatoms. The summed E-state index contributed by atoms with van der Waals surface area (Å²) in [6.45, 7) is 8.93. The minimum absolute atomic E-state index is 0.404. The van der Waals surface area contributed by atoms with E-state index >= 15 is 0 Å². The Morgan fingerprint density at radius 2 is 2.00 bits per heavy atom. The van der Waals surface area contributed by atoms with Crippen LogP contribution in [0.4, 0.5) is 5.82 Å². The van der Waals surface area contributed by atoms with E-state index in [1.165, 1.54) is 43.9 Å². The largest absolute Gasteiger partial charge is 0.370 e. The summed E-state index contributed by atoms with van der Waals surface area (Å²) in [5, 5.41) is 3.45. The fourth-order valence-corrected chi connectivity index (χ4v) is 3.78. The number of nitrogens with one attached hydrogen (secondary N) is 1. The third-order valence-electron chi connectivity index (χ3n) is 4.87. The van der Waals surface area contributed by atoms with E-state index in [-0.39, 0.29) is 0 Å². The van der Waals surface area contributed by atoms with Crippen molar-refractivity contribution < 1.29 is 0 Å². The summed E-state index contributed by atoms with van der Waals surface area (Å²) in [4.78, 5) is 14.9. The standard InChI is InChI=1S/C15H23N5/c1-2-16-14-11-4-3-5-12(11)17-15(18-14)13-10-19-6-8-20(13)9-7-19/h13H,2-10H2,1H3,(H,16,17,18). The molecule has 5 rings (SSSR count). The van der Waals surface area contributed by atoms with Gasteiger partial charge in [-0.2, -0.15) is 0 Å². The fourth-order valence-electron chi connectivity index (χ4n) is 3.78. The van der Waals surface area contributed by atoms with Gasteiger partial charge in [0.2, 0.25) is 0 Å². The highest BCUT2D eigenvalue weighted by Crippen LogP contribution is 2.31. The SMILES string of the molecule is CCNc1nc(C2CN3CCN2CC3)nc2c1CCC2. The lowest BCUT2D eigenvalue weighted by Crippen LogP contribution is -2.57. The van der Waals surface area contributed by atoms with Gasteiger partial charge >= 0.3 is 0 Å². The van der Waals surface area contributed by atoms with E-state index in [1.54, 1.807) is 0 Å². The first kappa shape index (κ1) is 12.5. The molecule has 3 aliphatic heterocycles. The Morgan fingerprint density at radius 1 is 1.15 bits per heavy atom. The molecule has 3 fully saturated rings. The highest BCUT2D eigenvalue weighted by molar-refractivity contribution is 5.49. The Kier molecular flexibility index (Phi) is 3.11. The maximum atomic E-state index is 4.92. The van der Waals surface area contributed by atoms with Gasteiger partial charge in [-0.15, -0.1) is 0 Å². The van der Waals surface area contributed by atoms with Gasteiger partial charge < -0.3 is 5.32 Å². The molecule has 1 atom stereocenters. The maximum absolute atomic E-state index is 4.92. The summed E-state index contributed by atoms with van der Waals surface area (Å²) in [6.07, 6.45) is 3.49. The first-order chi connectivity index (χ1) is 9.85. The van der Waals surface area contributed by atoms with Gasteiger partial charge in [-0.1, -0.05) is 0 Å². The molecule has 5 nitrogen and oxygen atoms in total. The van der Waals surface area contributed by atoms with Crippen molar-refractivity contribution in [2.24, 2.45) is 0 Å². The molecule has 20 heavy (non-hydrogen) atoms. The molecule has 0 saturated carbocycles. The zero-order chi connectivity index (χ0) is 13.5. The molecular formula is C15H23N5. The van der Waals surface area contributed by atoms with Crippen LogP contribution in [0.3, 0.4) is 0 Å². The number of piperazine rings is 3. The molecule has 1 aliphatic carbocycles. The van der Waals surface area contributed by atoms with Gasteiger partial charge in [-0.3, -0.25) is 9.80 Å². The van der Waals surface area contributed by atoms with Crippen LogP contribution in [-0.4, -0.2) is 59.0 Å². The smallest absolute Gasteiger partial charge is 0.149 e. The number of aryl methyl sites for hydroxylation is 1. The monoisotopic (exact) mass is 273 g/mol. The van der Waals surface area contributed by atoms with E-state index in [4.69, 9.17) is 9.97 Å². The molecule has 3 saturated heterocycles. The lowest BCUT2D eigenvalue weighted by atomic mass is 10.1. The Balaban J connectivity index is 1.69. The lowest BCUT2D eigenvalue weighted by Gasteiger charge is -2.46. The normalized spacial score (nSPS) is 31.4. The van der Waals surface area contributed by atoms with Crippen molar-refractivity contribution in [3.8, 4) is 0 Å². The Labute approximate surface area is 120 Å². The third kappa shape index (κ3) is 2.00. The molecule has 4 heterocycles. The van der Waals surface area contributed by atoms with Crippen LogP contribution < -0.4 is 5.32 Å². The van der Waals surface area contributed by atoms with Gasteiger partial charge in [0.25, 0.3) is 0 Å². The van der Waals surface area contributed by atoms with Crippen LogP contribution in [0.1, 0.15) is 36.5 Å². The highest BCUT2D eigenvalue weighted by atomic mass is 15.4. The first-order valence-corrected chi connectivity index (χ1v) is 7.95. The van der Waals surface area contributed by atoms with Crippen molar-refractivity contribution >= 4 is 5.82 Å². The zero-order valence-corrected chi connectivity index (χ0v) is 12.2. The molecule has 1 aromatic rings. The van der Waals surface area contributed by atoms with Crippen LogP contribution in [0.15, 0.2) is 0 Å². The summed E-state index contributed by atoms with van der Waals surface area (Å²) < 4.78 is 0. The second kappa shape index (κ2) is 4.97. The molecule has 2 bridgehead atoms. The molecule has 1 aromatic heterocycles. The molecule has 108 valence electrons. The number of hydrogen-bond acceptors (Lipinski definition) is 5. The average molecular weight is 273 g/mol. The molecule has 1 N–H and O–H groups in total. The van der Waals surface area contributed by atoms with Crippen molar-refractivity contribution in [1.82, 2.24) is 19.8 Å². The Morgan fingerprint density at radius 3 is 2.70 bits per heavy atom. The molecule has 1 unspecified atom stereocenters. The Bertz CT molecular complexity index is 507. The first-order valence-electron chi connectivity index (χ1n) is 7.95. The molecule has 0 spiro atoms. The number of rotatable bonds is 3. The highest BCUT2D eigenvalue weighted by Gasteiger charge is 2.35. The number of anilines is 1. The van der Waals surface area contributed by atoms with Gasteiger partial charge in [-0.25, -0.2) is 9.97 Å². The molecule has 4 aliphatic rings. The second-order valence-electron chi connectivity index (χ2n) is 6.09. The number of aromatic nitrogens is 2. The lowest BCUT2D eigenvalue weighted by molar-refractivity contribution is 0.00862. The quantitative estimate of drug-likeness (QED) is 0.892. The number of fused-ring (bicyclic) bond motifs is 4. The van der Waals surface area contributed by atoms with Gasteiger partial charge in [0.1, 0.15) is 11.6 Å². The molecular weight excluding hydrogens is 250 g/mol. The predicted molar refractivity (Wildman–Crippen MR) is 79.0 cm³/mol. The van der Waals surface area contributed by atoms with E-state index in [9.17, 15) is 0 Å². The topological polar surface area (TPSA) is 44.3 Å². The van der Waals surface area contributed by atoms with E-state index in [0.29, 0.717) is 6.04 Å². The summed E-state index contributed by atoms with van der Waals surface area (Å²) in [7, 11) is 0. The predicted octanol–water partition coefficient (Wildman–Crippen LogP) is 1.07. The Hall–Kier alpha value is -1.20. The van der Waals surface area contributed by atoms with Gasteiger partial charge in [0.05, 0.1) is 6.04 Å². The van der Waals surface area contributed by atoms with Gasteiger partial charge in [0.15, 0.2) is 0 Å². The van der Waals surface area contributed by atoms with E-state index in [0.717, 1.165) is 37.6 Å². The molecule has 0 radical (unpaired) electrons. The van der Waals surface area contributed by atoms with Crippen molar-refractivity contribution in [3.05, 3.63) is 17.1 Å². The number of hydrogen-bond donors (Lipinski definition) is 1. The molecule has 0 amide bonds. The minimum atomic E-state index is 0.404. The number of nitrogens with zero attached hydrogens (tertiary/aromatic N) is 4. The third-order valence-corrected chi connectivity index (χ3v) is 4.87. The van der Waals surface area contributed by atoms with Crippen molar-refractivity contribution in [1.29, 1.82) is 0 Å². The summed E-state index contributed by atoms with van der Waals surface area (Å²) in [6, 6.07) is 0.404. The van der Waals surface area contributed by atoms with Crippen molar-refractivity contribution in [3.63, 3.8) is 0 Å². The summed E-state index contributed by atoms with van der Waals surface area (Å²) >= 11 is 0. The summed E-state index contributed by atoms with van der Waals surface area (Å²) in [5.74, 6) is 2.15. The van der Waals surface area contributed by atoms with Crippen LogP contribution in [0, 0.1) is 0 Å². The van der Waals surface area contributed by atoms with Crippen LogP contribution in [0.5, 0.6) is 0 Å². The van der Waals surface area contributed by atoms with Crippen molar-refractivity contribution in [2.45, 2.75) is 32.2 Å². The zero-order valence-electron chi connectivity index (χ0n) is 12.2. The van der Waals surface area contributed by atoms with E-state index in [2.05, 4.69) is 22.0 Å². The van der Waals surface area contributed by atoms with Crippen LogP contribution in [0.2, 0.25) is 0 Å². The maximum Gasteiger partial charge on any atom is 0.149 e. The fraction of sp³-hybridized carbons (Fsp3) is 0.733. The average Bonchev–Trinajstić information content (AvgIpc) is 2.97. The second-order valence-corrected chi connectivity index (χ2v) is 6.09. The van der Waals surface area contributed by atoms with Crippen LogP contribution in [-0.2, 0) is 12.8 Å². The van der Waals surface area contributed by atoms with E-state index < -0.39 is 0 Å². The van der Waals surface area contributed by atoms with Gasteiger partial charge in [0, 0.05) is 50.5 Å². The van der Waals surface area contributed by atoms with Gasteiger partial charge in [-0.05, 0) is 26.2 Å². The van der Waals surface area contributed by atoms with E-state index in [1.807, 2.05) is 0 Å². The minimum Gasteiger partial charge on any atom is -0.370 e. The van der Waals surface area contributed by atoms with Crippen molar-refractivity contribution in [2.75, 3.05) is 44.6 Å². The van der Waals surface area contributed by atoms with Crippen LogP contribution >= 0.6 is 0 Å². The summed E-state index contributed by atoms with van der Waals surface area (Å²) in [5.41, 5.74) is 2.66. The molecule has 0 aromatic carbocycles.